The molecule has 0 heterocycles. The first-order valence-electron chi connectivity index (χ1n) is 14.9. The Kier molecular flexibility index (Phi) is 7.95. The van der Waals surface area contributed by atoms with Gasteiger partial charge < -0.3 is 4.74 Å². The van der Waals surface area contributed by atoms with Crippen molar-refractivity contribution in [1.82, 2.24) is 4.72 Å². The highest BCUT2D eigenvalue weighted by Crippen LogP contribution is 2.68. The van der Waals surface area contributed by atoms with Crippen LogP contribution in [-0.4, -0.2) is 26.5 Å². The molecule has 4 aliphatic rings. The molecule has 8 atom stereocenters. The standard InChI is InChI=1S/C32H40F3NO5S/c1-19(5-12-28(38)36-42(39,40)24-8-6-23(7-9-24)41-32(33,34)35)25-10-11-26-29-20(2)17-21-18-22(37)13-15-30(21,3)27(29)14-16-31(25,26)4/h5-9,12,18-20,25-27,29H,10-11,13-17H2,1-4H3,(H,36,38)/b12-5+/t19-,20?,25?,26?,27?,29?,30+,31-/m1/s1. The molecule has 0 aromatic heterocycles. The van der Waals surface area contributed by atoms with E-state index in [1.165, 1.54) is 11.6 Å². The molecule has 4 aliphatic carbocycles. The summed E-state index contributed by atoms with van der Waals surface area (Å²) < 4.78 is 68.2. The van der Waals surface area contributed by atoms with Gasteiger partial charge in [0, 0.05) is 12.5 Å². The Morgan fingerprint density at radius 2 is 1.79 bits per heavy atom. The Labute approximate surface area is 246 Å². The van der Waals surface area contributed by atoms with Gasteiger partial charge in [-0.1, -0.05) is 39.3 Å². The Bertz CT molecular complexity index is 1400. The zero-order valence-corrected chi connectivity index (χ0v) is 25.4. The third kappa shape index (κ3) is 5.67. The summed E-state index contributed by atoms with van der Waals surface area (Å²) >= 11 is 0. The van der Waals surface area contributed by atoms with Crippen molar-refractivity contribution >= 4 is 21.7 Å². The van der Waals surface area contributed by atoms with Crippen LogP contribution in [0.4, 0.5) is 13.2 Å². The molecule has 230 valence electrons. The maximum Gasteiger partial charge on any atom is 0.573 e. The van der Waals surface area contributed by atoms with E-state index in [9.17, 15) is 31.2 Å². The molecule has 3 saturated carbocycles. The Morgan fingerprint density at radius 1 is 1.10 bits per heavy atom. The van der Waals surface area contributed by atoms with Crippen LogP contribution in [0, 0.1) is 46.3 Å². The van der Waals surface area contributed by atoms with Crippen LogP contribution in [0.5, 0.6) is 5.75 Å². The molecule has 0 saturated heterocycles. The third-order valence-corrected chi connectivity index (χ3v) is 12.5. The molecule has 0 bridgehead atoms. The van der Waals surface area contributed by atoms with E-state index in [1.54, 1.807) is 6.08 Å². The van der Waals surface area contributed by atoms with E-state index >= 15 is 0 Å². The SMILES string of the molecule is CC1CC2=CC(=O)CC[C@]2(C)C2CC[C@@]3(C)C(CCC3[C@H](C)/C=C/C(=O)NS(=O)(=O)c3ccc(OC(F)(F)F)cc3)C12. The number of carbonyl (C=O) groups is 2. The lowest BCUT2D eigenvalue weighted by Gasteiger charge is -2.60. The average Bonchev–Trinajstić information content (AvgIpc) is 3.24. The fourth-order valence-electron chi connectivity index (χ4n) is 9.23. The predicted octanol–water partition coefficient (Wildman–Crippen LogP) is 6.98. The van der Waals surface area contributed by atoms with Crippen molar-refractivity contribution in [3.63, 3.8) is 0 Å². The number of rotatable bonds is 6. The highest BCUT2D eigenvalue weighted by molar-refractivity contribution is 7.90. The van der Waals surface area contributed by atoms with Gasteiger partial charge in [0.15, 0.2) is 5.78 Å². The quantitative estimate of drug-likeness (QED) is 0.353. The van der Waals surface area contributed by atoms with E-state index < -0.39 is 28.0 Å². The fraction of sp³-hybridized carbons (Fsp3) is 0.625. The number of sulfonamides is 1. The number of carbonyl (C=O) groups excluding carboxylic acids is 2. The van der Waals surface area contributed by atoms with Crippen molar-refractivity contribution < 1.29 is 35.9 Å². The van der Waals surface area contributed by atoms with Gasteiger partial charge in [-0.3, -0.25) is 9.59 Å². The lowest BCUT2D eigenvalue weighted by molar-refractivity contribution is -0.274. The molecular weight excluding hydrogens is 567 g/mol. The number of hydrogen-bond acceptors (Lipinski definition) is 5. The number of benzene rings is 1. The first-order valence-corrected chi connectivity index (χ1v) is 16.4. The minimum Gasteiger partial charge on any atom is -0.406 e. The zero-order chi connectivity index (χ0) is 30.7. The Hall–Kier alpha value is -2.62. The summed E-state index contributed by atoms with van der Waals surface area (Å²) in [5.41, 5.74) is 1.57. The summed E-state index contributed by atoms with van der Waals surface area (Å²) in [6, 6.07) is 3.68. The lowest BCUT2D eigenvalue weighted by Crippen LogP contribution is -2.53. The minimum atomic E-state index is -4.89. The van der Waals surface area contributed by atoms with Gasteiger partial charge in [0.1, 0.15) is 5.75 Å². The average molecular weight is 608 g/mol. The summed E-state index contributed by atoms with van der Waals surface area (Å²) in [5, 5.41) is 0. The topological polar surface area (TPSA) is 89.5 Å². The normalized spacial score (nSPS) is 35.5. The molecule has 3 fully saturated rings. The van der Waals surface area contributed by atoms with E-state index in [2.05, 4.69) is 32.4 Å². The van der Waals surface area contributed by atoms with Crippen molar-refractivity contribution in [2.24, 2.45) is 46.3 Å². The largest absolute Gasteiger partial charge is 0.573 e. The van der Waals surface area contributed by atoms with Crippen LogP contribution < -0.4 is 9.46 Å². The monoisotopic (exact) mass is 607 g/mol. The number of halogens is 3. The van der Waals surface area contributed by atoms with Gasteiger partial charge in [-0.05, 0) is 115 Å². The maximum atomic E-state index is 12.6. The van der Waals surface area contributed by atoms with Crippen LogP contribution in [0.15, 0.2) is 53.0 Å². The summed E-state index contributed by atoms with van der Waals surface area (Å²) in [4.78, 5) is 24.5. The van der Waals surface area contributed by atoms with Crippen molar-refractivity contribution in [3.8, 4) is 5.75 Å². The van der Waals surface area contributed by atoms with E-state index in [4.69, 9.17) is 0 Å². The highest BCUT2D eigenvalue weighted by Gasteiger charge is 2.60. The number of fused-ring (bicyclic) bond motifs is 5. The Morgan fingerprint density at radius 3 is 2.45 bits per heavy atom. The lowest BCUT2D eigenvalue weighted by atomic mass is 9.44. The van der Waals surface area contributed by atoms with Gasteiger partial charge >= 0.3 is 6.36 Å². The second-order valence-corrected chi connectivity index (χ2v) is 15.1. The van der Waals surface area contributed by atoms with Crippen molar-refractivity contribution in [3.05, 3.63) is 48.1 Å². The Balaban J connectivity index is 1.25. The molecule has 42 heavy (non-hydrogen) atoms. The summed E-state index contributed by atoms with van der Waals surface area (Å²) in [6.45, 7) is 9.21. The van der Waals surface area contributed by atoms with E-state index in [0.717, 1.165) is 62.8 Å². The van der Waals surface area contributed by atoms with Crippen LogP contribution in [0.1, 0.15) is 72.6 Å². The van der Waals surface area contributed by atoms with Gasteiger partial charge in [-0.25, -0.2) is 13.1 Å². The van der Waals surface area contributed by atoms with Crippen LogP contribution in [0.2, 0.25) is 0 Å². The van der Waals surface area contributed by atoms with Gasteiger partial charge in [0.2, 0.25) is 0 Å². The minimum absolute atomic E-state index is 0.0565. The molecule has 0 radical (unpaired) electrons. The molecule has 5 unspecified atom stereocenters. The second-order valence-electron chi connectivity index (χ2n) is 13.5. The summed E-state index contributed by atoms with van der Waals surface area (Å²) in [7, 11) is -4.27. The first kappa shape index (κ1) is 30.8. The van der Waals surface area contributed by atoms with Crippen molar-refractivity contribution in [2.75, 3.05) is 0 Å². The van der Waals surface area contributed by atoms with E-state index in [1.807, 2.05) is 10.8 Å². The first-order chi connectivity index (χ1) is 19.5. The summed E-state index contributed by atoms with van der Waals surface area (Å²) in [5.74, 6) is 1.58. The van der Waals surface area contributed by atoms with Gasteiger partial charge in [-0.15, -0.1) is 13.2 Å². The number of ether oxygens (including phenoxy) is 1. The van der Waals surface area contributed by atoms with E-state index in [0.29, 0.717) is 36.0 Å². The zero-order valence-electron chi connectivity index (χ0n) is 24.5. The molecule has 10 heteroatoms. The smallest absolute Gasteiger partial charge is 0.406 e. The molecule has 1 N–H and O–H groups in total. The number of hydrogen-bond donors (Lipinski definition) is 1. The van der Waals surface area contributed by atoms with Crippen LogP contribution in [-0.2, 0) is 19.6 Å². The van der Waals surface area contributed by atoms with Crippen LogP contribution in [0.25, 0.3) is 0 Å². The number of ketones is 1. The van der Waals surface area contributed by atoms with E-state index in [-0.39, 0.29) is 27.4 Å². The molecular formula is C32H40F3NO5S. The predicted molar refractivity (Wildman–Crippen MR) is 152 cm³/mol. The molecule has 1 aromatic carbocycles. The van der Waals surface area contributed by atoms with Crippen molar-refractivity contribution in [1.29, 1.82) is 0 Å². The number of alkyl halides is 3. The van der Waals surface area contributed by atoms with Crippen LogP contribution >= 0.6 is 0 Å². The van der Waals surface area contributed by atoms with Gasteiger partial charge in [0.05, 0.1) is 4.90 Å². The van der Waals surface area contributed by atoms with Gasteiger partial charge in [0.25, 0.3) is 15.9 Å². The number of allylic oxidation sites excluding steroid dienone is 2. The molecule has 5 rings (SSSR count). The molecule has 1 aromatic rings. The fourth-order valence-corrected chi connectivity index (χ4v) is 10.2. The molecule has 6 nitrogen and oxygen atoms in total. The van der Waals surface area contributed by atoms with Gasteiger partial charge in [-0.2, -0.15) is 0 Å². The molecule has 0 aliphatic heterocycles. The third-order valence-electron chi connectivity index (χ3n) is 11.2. The number of nitrogens with one attached hydrogen (secondary N) is 1. The molecule has 1 amide bonds. The molecule has 0 spiro atoms. The van der Waals surface area contributed by atoms with Crippen LogP contribution in [0.3, 0.4) is 0 Å². The highest BCUT2D eigenvalue weighted by atomic mass is 32.2. The van der Waals surface area contributed by atoms with Crippen molar-refractivity contribution in [2.45, 2.75) is 83.9 Å². The maximum absolute atomic E-state index is 12.6. The number of amides is 1. The second kappa shape index (κ2) is 10.8. The summed E-state index contributed by atoms with van der Waals surface area (Å²) in [6.07, 6.45) is 7.07.